The Labute approximate surface area is 66.4 Å². The average Bonchev–Trinajstić information content (AvgIpc) is 1.86. The molecule has 1 fully saturated rings. The second-order valence-corrected chi connectivity index (χ2v) is 3.01. The Hall–Kier alpha value is -0.160. The van der Waals surface area contributed by atoms with Crippen LogP contribution in [0, 0.1) is 0 Å². The van der Waals surface area contributed by atoms with Gasteiger partial charge in [-0.2, -0.15) is 0 Å². The molecule has 2 N–H and O–H groups in total. The van der Waals surface area contributed by atoms with Crippen LogP contribution in [-0.2, 0) is 4.74 Å². The van der Waals surface area contributed by atoms with Crippen molar-refractivity contribution >= 4 is 0 Å². The van der Waals surface area contributed by atoms with Gasteiger partial charge in [0.15, 0.2) is 5.79 Å². The lowest BCUT2D eigenvalue weighted by Crippen LogP contribution is -2.50. The molecule has 1 heterocycles. The minimum Gasteiger partial charge on any atom is -0.396 e. The van der Waals surface area contributed by atoms with E-state index in [0.717, 1.165) is 6.54 Å². The minimum atomic E-state index is -1.12. The lowest BCUT2D eigenvalue weighted by atomic mass is 10.1. The van der Waals surface area contributed by atoms with Crippen LogP contribution in [0.4, 0.5) is 0 Å². The van der Waals surface area contributed by atoms with Crippen LogP contribution in [0.5, 0.6) is 0 Å². The molecule has 0 aromatic heterocycles. The molecule has 0 aliphatic carbocycles. The number of nitrogens with zero attached hydrogens (tertiary/aromatic N) is 1. The van der Waals surface area contributed by atoms with Crippen LogP contribution in [0.3, 0.4) is 0 Å². The van der Waals surface area contributed by atoms with Gasteiger partial charge in [-0.3, -0.25) is 4.90 Å². The van der Waals surface area contributed by atoms with Crippen molar-refractivity contribution in [2.75, 3.05) is 33.4 Å². The van der Waals surface area contributed by atoms with Gasteiger partial charge in [-0.25, -0.2) is 0 Å². The maximum atomic E-state index is 9.62. The van der Waals surface area contributed by atoms with Crippen LogP contribution in [-0.4, -0.2) is 54.3 Å². The number of likely N-dealkylation sites (N-methyl/N-ethyl adjacent to an activating group) is 1. The van der Waals surface area contributed by atoms with Crippen molar-refractivity contribution in [1.82, 2.24) is 4.90 Å². The largest absolute Gasteiger partial charge is 0.396 e. The van der Waals surface area contributed by atoms with Gasteiger partial charge in [0.2, 0.25) is 0 Å². The van der Waals surface area contributed by atoms with Crippen molar-refractivity contribution in [3.05, 3.63) is 0 Å². The lowest BCUT2D eigenvalue weighted by Gasteiger charge is -2.36. The summed E-state index contributed by atoms with van der Waals surface area (Å²) in [6.07, 6.45) is 0.289. The summed E-state index contributed by atoms with van der Waals surface area (Å²) < 4.78 is 5.13. The van der Waals surface area contributed by atoms with Crippen molar-refractivity contribution in [1.29, 1.82) is 0 Å². The summed E-state index contributed by atoms with van der Waals surface area (Å²) in [6.45, 7) is 1.82. The first-order valence-corrected chi connectivity index (χ1v) is 3.82. The van der Waals surface area contributed by atoms with E-state index < -0.39 is 5.79 Å². The van der Waals surface area contributed by atoms with E-state index in [4.69, 9.17) is 9.84 Å². The number of aliphatic hydroxyl groups is 2. The van der Waals surface area contributed by atoms with Gasteiger partial charge < -0.3 is 14.9 Å². The van der Waals surface area contributed by atoms with Crippen molar-refractivity contribution in [3.63, 3.8) is 0 Å². The molecule has 0 amide bonds. The first kappa shape index (κ1) is 8.93. The van der Waals surface area contributed by atoms with Crippen molar-refractivity contribution in [2.45, 2.75) is 12.2 Å². The molecule has 0 saturated carbocycles. The van der Waals surface area contributed by atoms with Crippen LogP contribution in [0.1, 0.15) is 6.42 Å². The molecule has 0 aromatic rings. The molecule has 0 radical (unpaired) electrons. The zero-order valence-corrected chi connectivity index (χ0v) is 6.79. The van der Waals surface area contributed by atoms with Crippen LogP contribution in [0.2, 0.25) is 0 Å². The fourth-order valence-corrected chi connectivity index (χ4v) is 1.26. The highest BCUT2D eigenvalue weighted by atomic mass is 16.6. The van der Waals surface area contributed by atoms with Crippen LogP contribution < -0.4 is 0 Å². The third kappa shape index (κ3) is 2.41. The molecule has 66 valence electrons. The molecular weight excluding hydrogens is 146 g/mol. The number of ether oxygens (including phenoxy) is 1. The third-order valence-electron chi connectivity index (χ3n) is 1.86. The Morgan fingerprint density at radius 2 is 2.36 bits per heavy atom. The smallest absolute Gasteiger partial charge is 0.180 e. The van der Waals surface area contributed by atoms with E-state index in [1.165, 1.54) is 0 Å². The van der Waals surface area contributed by atoms with E-state index in [0.29, 0.717) is 13.2 Å². The Morgan fingerprint density at radius 3 is 2.91 bits per heavy atom. The topological polar surface area (TPSA) is 52.9 Å². The molecule has 1 rings (SSSR count). The van der Waals surface area contributed by atoms with Crippen molar-refractivity contribution in [3.8, 4) is 0 Å². The van der Waals surface area contributed by atoms with Gasteiger partial charge in [-0.1, -0.05) is 0 Å². The molecule has 1 unspecified atom stereocenters. The van der Waals surface area contributed by atoms with E-state index in [1.54, 1.807) is 0 Å². The first-order chi connectivity index (χ1) is 5.16. The summed E-state index contributed by atoms with van der Waals surface area (Å²) in [5.74, 6) is -1.12. The maximum absolute atomic E-state index is 9.62. The van der Waals surface area contributed by atoms with Gasteiger partial charge in [0.1, 0.15) is 0 Å². The highest BCUT2D eigenvalue weighted by Crippen LogP contribution is 2.16. The number of aliphatic hydroxyl groups excluding tert-OH is 1. The molecule has 0 aromatic carbocycles. The molecule has 1 atom stereocenters. The molecule has 4 nitrogen and oxygen atoms in total. The van der Waals surface area contributed by atoms with E-state index >= 15 is 0 Å². The van der Waals surface area contributed by atoms with E-state index in [2.05, 4.69) is 0 Å². The highest BCUT2D eigenvalue weighted by Gasteiger charge is 2.31. The number of morpholine rings is 1. The molecule has 1 aliphatic heterocycles. The van der Waals surface area contributed by atoms with E-state index in [1.807, 2.05) is 11.9 Å². The quantitative estimate of drug-likeness (QED) is 0.546. The summed E-state index contributed by atoms with van der Waals surface area (Å²) >= 11 is 0. The second kappa shape index (κ2) is 3.49. The predicted octanol–water partition coefficient (Wildman–Crippen LogP) is -0.981. The molecule has 0 spiro atoms. The summed E-state index contributed by atoms with van der Waals surface area (Å²) in [5.41, 5.74) is 0. The molecule has 11 heavy (non-hydrogen) atoms. The molecule has 1 saturated heterocycles. The Bertz CT molecular complexity index is 127. The number of β-amino-alcohol motifs (C(OH)–C–C–N with tert-alkyl or cyclic N) is 1. The molecule has 4 heteroatoms. The number of rotatable bonds is 2. The van der Waals surface area contributed by atoms with Gasteiger partial charge in [-0.05, 0) is 7.05 Å². The van der Waals surface area contributed by atoms with Gasteiger partial charge >= 0.3 is 0 Å². The maximum Gasteiger partial charge on any atom is 0.180 e. The SMILES string of the molecule is CN1CCOC(O)(CCO)C1. The van der Waals surface area contributed by atoms with Crippen LogP contribution >= 0.6 is 0 Å². The van der Waals surface area contributed by atoms with E-state index in [9.17, 15) is 5.11 Å². The highest BCUT2D eigenvalue weighted by molar-refractivity contribution is 4.75. The molecule has 0 bridgehead atoms. The fraction of sp³-hybridized carbons (Fsp3) is 1.00. The summed E-state index contributed by atoms with van der Waals surface area (Å²) in [7, 11) is 1.92. The lowest BCUT2D eigenvalue weighted by molar-refractivity contribution is -0.242. The average molecular weight is 161 g/mol. The monoisotopic (exact) mass is 161 g/mol. The fourth-order valence-electron chi connectivity index (χ4n) is 1.26. The van der Waals surface area contributed by atoms with Gasteiger partial charge in [0.25, 0.3) is 0 Å². The zero-order chi connectivity index (χ0) is 8.32. The molecule has 1 aliphatic rings. The van der Waals surface area contributed by atoms with Crippen LogP contribution in [0.25, 0.3) is 0 Å². The molecular formula is C7H15NO3. The van der Waals surface area contributed by atoms with Gasteiger partial charge in [-0.15, -0.1) is 0 Å². The van der Waals surface area contributed by atoms with Crippen molar-refractivity contribution in [2.24, 2.45) is 0 Å². The first-order valence-electron chi connectivity index (χ1n) is 3.82. The number of hydrogen-bond donors (Lipinski definition) is 2. The Kier molecular flexibility index (Phi) is 2.84. The summed E-state index contributed by atoms with van der Waals surface area (Å²) in [4.78, 5) is 1.99. The Morgan fingerprint density at radius 1 is 1.64 bits per heavy atom. The number of hydrogen-bond acceptors (Lipinski definition) is 4. The zero-order valence-electron chi connectivity index (χ0n) is 6.79. The summed E-state index contributed by atoms with van der Waals surface area (Å²) in [5, 5.41) is 18.2. The van der Waals surface area contributed by atoms with Gasteiger partial charge in [0, 0.05) is 19.6 Å². The van der Waals surface area contributed by atoms with Gasteiger partial charge in [0.05, 0.1) is 13.2 Å². The Balaban J connectivity index is 2.41. The second-order valence-electron chi connectivity index (χ2n) is 3.01. The minimum absolute atomic E-state index is 0.0374. The predicted molar refractivity (Wildman–Crippen MR) is 40.1 cm³/mol. The third-order valence-corrected chi connectivity index (χ3v) is 1.86. The normalized spacial score (nSPS) is 34.1. The van der Waals surface area contributed by atoms with Crippen molar-refractivity contribution < 1.29 is 14.9 Å². The summed E-state index contributed by atoms with van der Waals surface area (Å²) in [6, 6.07) is 0. The van der Waals surface area contributed by atoms with Crippen LogP contribution in [0.15, 0.2) is 0 Å². The van der Waals surface area contributed by atoms with E-state index in [-0.39, 0.29) is 13.0 Å². The standard InChI is InChI=1S/C7H15NO3/c1-8-3-5-11-7(10,6-8)2-4-9/h9-10H,2-6H2,1H3.